The molecule has 0 saturated carbocycles. The Morgan fingerprint density at radius 2 is 1.95 bits per heavy atom. The normalized spacial score (nSPS) is 10.4. The number of nitrogens with one attached hydrogen (secondary N) is 1. The average Bonchev–Trinajstić information content (AvgIpc) is 2.36. The van der Waals surface area contributed by atoms with Crippen molar-refractivity contribution in [3.8, 4) is 0 Å². The van der Waals surface area contributed by atoms with Crippen molar-refractivity contribution in [1.82, 2.24) is 0 Å². The fraction of sp³-hybridized carbons (Fsp3) is 0.133. The largest absolute Gasteiger partial charge is 0.323 e. The van der Waals surface area contributed by atoms with Gasteiger partial charge in [0, 0.05) is 6.07 Å². The second kappa shape index (κ2) is 6.13. The lowest BCUT2D eigenvalue weighted by atomic mass is 10.1. The van der Waals surface area contributed by atoms with Gasteiger partial charge >= 0.3 is 0 Å². The lowest BCUT2D eigenvalue weighted by Crippen LogP contribution is -2.15. The minimum absolute atomic E-state index is 0.0201. The van der Waals surface area contributed by atoms with Crippen LogP contribution in [0.1, 0.15) is 11.1 Å². The van der Waals surface area contributed by atoms with Crippen LogP contribution in [0.4, 0.5) is 14.5 Å². The molecule has 0 aliphatic rings. The van der Waals surface area contributed by atoms with Gasteiger partial charge in [0.25, 0.3) is 0 Å². The van der Waals surface area contributed by atoms with Crippen LogP contribution in [-0.4, -0.2) is 5.91 Å². The first-order valence-corrected chi connectivity index (χ1v) is 6.75. The first kappa shape index (κ1) is 14.7. The molecule has 5 heteroatoms. The third-order valence-corrected chi connectivity index (χ3v) is 3.34. The van der Waals surface area contributed by atoms with Crippen LogP contribution in [-0.2, 0) is 11.2 Å². The van der Waals surface area contributed by atoms with Gasteiger partial charge < -0.3 is 5.32 Å². The zero-order chi connectivity index (χ0) is 14.7. The summed E-state index contributed by atoms with van der Waals surface area (Å²) in [4.78, 5) is 11.8. The number of anilines is 1. The average molecular weight is 340 g/mol. The van der Waals surface area contributed by atoms with Crippen molar-refractivity contribution in [3.63, 3.8) is 0 Å². The standard InChI is InChI=1S/C15H12BrF2NO/c1-9-3-2-4-10(5-9)6-15(20)19-14-8-12(17)11(16)7-13(14)18/h2-5,7-8H,6H2,1H3,(H,19,20). The first-order valence-electron chi connectivity index (χ1n) is 5.95. The summed E-state index contributed by atoms with van der Waals surface area (Å²) in [6.07, 6.45) is 0.110. The topological polar surface area (TPSA) is 29.1 Å². The van der Waals surface area contributed by atoms with Crippen LogP contribution in [0.2, 0.25) is 0 Å². The molecule has 0 aliphatic heterocycles. The summed E-state index contributed by atoms with van der Waals surface area (Å²) in [5, 5.41) is 2.37. The van der Waals surface area contributed by atoms with Gasteiger partial charge in [-0.05, 0) is 34.5 Å². The minimum atomic E-state index is -0.684. The molecule has 2 nitrogen and oxygen atoms in total. The molecule has 0 aliphatic carbocycles. The highest BCUT2D eigenvalue weighted by molar-refractivity contribution is 9.10. The van der Waals surface area contributed by atoms with Crippen LogP contribution < -0.4 is 5.32 Å². The van der Waals surface area contributed by atoms with E-state index in [0.717, 1.165) is 23.3 Å². The molecule has 2 aromatic rings. The van der Waals surface area contributed by atoms with E-state index < -0.39 is 17.5 Å². The Hall–Kier alpha value is -1.75. The smallest absolute Gasteiger partial charge is 0.228 e. The number of rotatable bonds is 3. The zero-order valence-electron chi connectivity index (χ0n) is 10.7. The summed E-state index contributed by atoms with van der Waals surface area (Å²) >= 11 is 2.88. The highest BCUT2D eigenvalue weighted by Crippen LogP contribution is 2.23. The summed E-state index contributed by atoms with van der Waals surface area (Å²) in [5.74, 6) is -1.70. The lowest BCUT2D eigenvalue weighted by Gasteiger charge is -2.08. The number of benzene rings is 2. The Kier molecular flexibility index (Phi) is 4.49. The lowest BCUT2D eigenvalue weighted by molar-refractivity contribution is -0.115. The number of amides is 1. The van der Waals surface area contributed by atoms with Crippen molar-refractivity contribution < 1.29 is 13.6 Å². The third-order valence-electron chi connectivity index (χ3n) is 2.73. The number of carbonyl (C=O) groups is 1. The van der Waals surface area contributed by atoms with E-state index >= 15 is 0 Å². The van der Waals surface area contributed by atoms with Crippen LogP contribution in [0.5, 0.6) is 0 Å². The molecule has 0 heterocycles. The van der Waals surface area contributed by atoms with Gasteiger partial charge in [0.05, 0.1) is 16.6 Å². The fourth-order valence-electron chi connectivity index (χ4n) is 1.82. The maximum atomic E-state index is 13.6. The van der Waals surface area contributed by atoms with Gasteiger partial charge in [0.1, 0.15) is 11.6 Å². The predicted octanol–water partition coefficient (Wildman–Crippen LogP) is 4.22. The third kappa shape index (κ3) is 3.63. The number of hydrogen-bond acceptors (Lipinski definition) is 1. The molecule has 0 unspecified atom stereocenters. The zero-order valence-corrected chi connectivity index (χ0v) is 12.3. The molecule has 20 heavy (non-hydrogen) atoms. The molecule has 0 radical (unpaired) electrons. The minimum Gasteiger partial charge on any atom is -0.323 e. The fourth-order valence-corrected chi connectivity index (χ4v) is 2.14. The monoisotopic (exact) mass is 339 g/mol. The van der Waals surface area contributed by atoms with Crippen molar-refractivity contribution in [2.24, 2.45) is 0 Å². The number of carbonyl (C=O) groups excluding carboxylic acids is 1. The van der Waals surface area contributed by atoms with Gasteiger partial charge in [0.2, 0.25) is 5.91 Å². The van der Waals surface area contributed by atoms with Crippen LogP contribution in [0.25, 0.3) is 0 Å². The van der Waals surface area contributed by atoms with Crippen LogP contribution in [0, 0.1) is 18.6 Å². The van der Waals surface area contributed by atoms with E-state index in [2.05, 4.69) is 21.2 Å². The van der Waals surface area contributed by atoms with Gasteiger partial charge in [0.15, 0.2) is 0 Å². The van der Waals surface area contributed by atoms with Crippen LogP contribution in [0.3, 0.4) is 0 Å². The molecule has 2 aromatic carbocycles. The molecule has 0 fully saturated rings. The van der Waals surface area contributed by atoms with Gasteiger partial charge in [-0.1, -0.05) is 29.8 Å². The molecule has 0 atom stereocenters. The number of hydrogen-bond donors (Lipinski definition) is 1. The molecule has 0 aromatic heterocycles. The molecule has 1 amide bonds. The van der Waals surface area contributed by atoms with E-state index in [4.69, 9.17) is 0 Å². The van der Waals surface area contributed by atoms with Crippen molar-refractivity contribution in [2.75, 3.05) is 5.32 Å². The second-order valence-electron chi connectivity index (χ2n) is 4.46. The SMILES string of the molecule is Cc1cccc(CC(=O)Nc2cc(F)c(Br)cc2F)c1. The Labute approximate surface area is 123 Å². The Balaban J connectivity index is 2.10. The van der Waals surface area contributed by atoms with Crippen molar-refractivity contribution in [1.29, 1.82) is 0 Å². The molecule has 0 spiro atoms. The van der Waals surface area contributed by atoms with Gasteiger partial charge in [-0.15, -0.1) is 0 Å². The van der Waals surface area contributed by atoms with E-state index in [1.807, 2.05) is 31.2 Å². The highest BCUT2D eigenvalue weighted by Gasteiger charge is 2.11. The summed E-state index contributed by atoms with van der Waals surface area (Å²) in [7, 11) is 0. The summed E-state index contributed by atoms with van der Waals surface area (Å²) in [6.45, 7) is 1.92. The quantitative estimate of drug-likeness (QED) is 0.833. The molecule has 1 N–H and O–H groups in total. The Morgan fingerprint density at radius 3 is 2.65 bits per heavy atom. The summed E-state index contributed by atoms with van der Waals surface area (Å²) in [5.41, 5.74) is 1.69. The van der Waals surface area contributed by atoms with E-state index in [-0.39, 0.29) is 16.6 Å². The maximum Gasteiger partial charge on any atom is 0.228 e. The highest BCUT2D eigenvalue weighted by atomic mass is 79.9. The van der Waals surface area contributed by atoms with Crippen molar-refractivity contribution in [2.45, 2.75) is 13.3 Å². The maximum absolute atomic E-state index is 13.6. The first-order chi connectivity index (χ1) is 9.45. The molecule has 2 rings (SSSR count). The van der Waals surface area contributed by atoms with E-state index in [0.29, 0.717) is 0 Å². The van der Waals surface area contributed by atoms with Crippen LogP contribution in [0.15, 0.2) is 40.9 Å². The Bertz CT molecular complexity index is 658. The summed E-state index contributed by atoms with van der Waals surface area (Å²) < 4.78 is 26.9. The van der Waals surface area contributed by atoms with Gasteiger partial charge in [-0.3, -0.25) is 4.79 Å². The molecule has 0 bridgehead atoms. The van der Waals surface area contributed by atoms with E-state index in [1.54, 1.807) is 0 Å². The second-order valence-corrected chi connectivity index (χ2v) is 5.31. The number of halogens is 3. The van der Waals surface area contributed by atoms with E-state index in [1.165, 1.54) is 0 Å². The molecular weight excluding hydrogens is 328 g/mol. The van der Waals surface area contributed by atoms with Gasteiger partial charge in [-0.25, -0.2) is 8.78 Å². The van der Waals surface area contributed by atoms with Gasteiger partial charge in [-0.2, -0.15) is 0 Å². The molecule has 104 valence electrons. The van der Waals surface area contributed by atoms with Crippen molar-refractivity contribution in [3.05, 3.63) is 63.6 Å². The van der Waals surface area contributed by atoms with Crippen LogP contribution >= 0.6 is 15.9 Å². The molecule has 0 saturated heterocycles. The van der Waals surface area contributed by atoms with E-state index in [9.17, 15) is 13.6 Å². The van der Waals surface area contributed by atoms with Crippen molar-refractivity contribution >= 4 is 27.5 Å². The Morgan fingerprint density at radius 1 is 1.20 bits per heavy atom. The summed E-state index contributed by atoms with van der Waals surface area (Å²) in [6, 6.07) is 9.39. The predicted molar refractivity (Wildman–Crippen MR) is 77.6 cm³/mol. The molecular formula is C15H12BrF2NO. The number of aryl methyl sites for hydroxylation is 1.